The molecule has 8 heteroatoms. The Hall–Kier alpha value is -1.64. The number of carboxylic acids is 1. The average Bonchev–Trinajstić information content (AvgIpc) is 2.82. The summed E-state index contributed by atoms with van der Waals surface area (Å²) in [5.41, 5.74) is -1.05. The number of methoxy groups -OCH3 is 1. The summed E-state index contributed by atoms with van der Waals surface area (Å²) in [6.45, 7) is 2.00. The van der Waals surface area contributed by atoms with Gasteiger partial charge in [-0.2, -0.15) is 0 Å². The van der Waals surface area contributed by atoms with E-state index in [1.165, 1.54) is 13.2 Å². The van der Waals surface area contributed by atoms with Gasteiger partial charge in [-0.15, -0.1) is 11.3 Å². The molecule has 0 aliphatic carbocycles. The van der Waals surface area contributed by atoms with Crippen LogP contribution in [0, 0.1) is 0 Å². The number of hydrogen-bond acceptors (Lipinski definition) is 5. The van der Waals surface area contributed by atoms with Crippen LogP contribution in [0.3, 0.4) is 0 Å². The van der Waals surface area contributed by atoms with Gasteiger partial charge in [0.25, 0.3) is 0 Å². The lowest BCUT2D eigenvalue weighted by atomic mass is 10.0. The SMILES string of the molecule is COCCC(C)(O)CNC(=O)Nc1sccc1C(=O)O. The van der Waals surface area contributed by atoms with Gasteiger partial charge in [-0.3, -0.25) is 5.32 Å². The van der Waals surface area contributed by atoms with Crippen molar-refractivity contribution in [2.45, 2.75) is 18.9 Å². The molecule has 1 atom stereocenters. The number of carbonyl (C=O) groups excluding carboxylic acids is 1. The van der Waals surface area contributed by atoms with Gasteiger partial charge in [0, 0.05) is 26.7 Å². The van der Waals surface area contributed by atoms with Crippen LogP contribution in [0.15, 0.2) is 11.4 Å². The normalized spacial score (nSPS) is 13.6. The molecule has 0 aliphatic rings. The second-order valence-electron chi connectivity index (χ2n) is 4.52. The molecule has 1 heterocycles. The highest BCUT2D eigenvalue weighted by atomic mass is 32.1. The lowest BCUT2D eigenvalue weighted by molar-refractivity contribution is 0.0273. The molecule has 0 spiro atoms. The van der Waals surface area contributed by atoms with E-state index in [1.807, 2.05) is 0 Å². The molecule has 1 aromatic rings. The van der Waals surface area contributed by atoms with Crippen LogP contribution in [-0.2, 0) is 4.74 Å². The second kappa shape index (κ2) is 7.22. The van der Waals surface area contributed by atoms with E-state index < -0.39 is 17.6 Å². The van der Waals surface area contributed by atoms with E-state index in [2.05, 4.69) is 10.6 Å². The van der Waals surface area contributed by atoms with Crippen molar-refractivity contribution in [2.24, 2.45) is 0 Å². The molecule has 0 aliphatic heterocycles. The van der Waals surface area contributed by atoms with Crippen molar-refractivity contribution in [3.63, 3.8) is 0 Å². The van der Waals surface area contributed by atoms with E-state index >= 15 is 0 Å². The predicted molar refractivity (Wildman–Crippen MR) is 75.4 cm³/mol. The topological polar surface area (TPSA) is 108 Å². The fourth-order valence-electron chi connectivity index (χ4n) is 1.40. The third kappa shape index (κ3) is 5.16. The van der Waals surface area contributed by atoms with E-state index in [4.69, 9.17) is 9.84 Å². The zero-order chi connectivity index (χ0) is 15.2. The summed E-state index contributed by atoms with van der Waals surface area (Å²) in [6, 6.07) is 0.852. The molecule has 0 fully saturated rings. The molecule has 4 N–H and O–H groups in total. The Morgan fingerprint density at radius 1 is 1.50 bits per heavy atom. The maximum Gasteiger partial charge on any atom is 0.338 e. The Bertz CT molecular complexity index is 472. The van der Waals surface area contributed by atoms with Crippen molar-refractivity contribution in [1.29, 1.82) is 0 Å². The molecule has 1 rings (SSSR count). The number of carboxylic acid groups (broad SMARTS) is 1. The molecular weight excluding hydrogens is 284 g/mol. The molecule has 1 unspecified atom stereocenters. The smallest absolute Gasteiger partial charge is 0.338 e. The lowest BCUT2D eigenvalue weighted by Gasteiger charge is -2.23. The molecule has 0 aromatic carbocycles. The van der Waals surface area contributed by atoms with Crippen LogP contribution in [0.1, 0.15) is 23.7 Å². The number of aliphatic hydroxyl groups is 1. The molecule has 20 heavy (non-hydrogen) atoms. The summed E-state index contributed by atoms with van der Waals surface area (Å²) >= 11 is 1.12. The maximum absolute atomic E-state index is 11.7. The largest absolute Gasteiger partial charge is 0.478 e. The first-order valence-electron chi connectivity index (χ1n) is 5.92. The Balaban J connectivity index is 2.48. The van der Waals surface area contributed by atoms with Gasteiger partial charge in [-0.25, -0.2) is 9.59 Å². The highest BCUT2D eigenvalue weighted by Gasteiger charge is 2.21. The van der Waals surface area contributed by atoms with Crippen LogP contribution in [-0.4, -0.2) is 48.1 Å². The van der Waals surface area contributed by atoms with Crippen LogP contribution in [0.5, 0.6) is 0 Å². The molecule has 7 nitrogen and oxygen atoms in total. The van der Waals surface area contributed by atoms with Gasteiger partial charge in [0.1, 0.15) is 5.00 Å². The number of urea groups is 1. The van der Waals surface area contributed by atoms with Crippen LogP contribution in [0.4, 0.5) is 9.80 Å². The predicted octanol–water partition coefficient (Wildman–Crippen LogP) is 1.36. The molecule has 0 bridgehead atoms. The van der Waals surface area contributed by atoms with Gasteiger partial charge < -0.3 is 20.3 Å². The number of anilines is 1. The minimum absolute atomic E-state index is 0.0377. The highest BCUT2D eigenvalue weighted by molar-refractivity contribution is 7.14. The molecule has 1 aromatic heterocycles. The highest BCUT2D eigenvalue weighted by Crippen LogP contribution is 2.22. The average molecular weight is 302 g/mol. The summed E-state index contributed by atoms with van der Waals surface area (Å²) in [4.78, 5) is 22.5. The van der Waals surface area contributed by atoms with E-state index in [1.54, 1.807) is 12.3 Å². The summed E-state index contributed by atoms with van der Waals surface area (Å²) in [5.74, 6) is -1.10. The van der Waals surface area contributed by atoms with Gasteiger partial charge >= 0.3 is 12.0 Å². The second-order valence-corrected chi connectivity index (χ2v) is 5.43. The number of nitrogens with one attached hydrogen (secondary N) is 2. The van der Waals surface area contributed by atoms with Gasteiger partial charge in [0.15, 0.2) is 0 Å². The summed E-state index contributed by atoms with van der Waals surface area (Å²) < 4.78 is 4.86. The number of ether oxygens (including phenoxy) is 1. The molecular formula is C12H18N2O5S. The zero-order valence-electron chi connectivity index (χ0n) is 11.3. The van der Waals surface area contributed by atoms with Gasteiger partial charge in [0.2, 0.25) is 0 Å². The summed E-state index contributed by atoms with van der Waals surface area (Å²) in [5, 5.41) is 25.6. The molecule has 2 amide bonds. The Labute approximate surface area is 120 Å². The van der Waals surface area contributed by atoms with Crippen molar-refractivity contribution >= 4 is 28.3 Å². The Kier molecular flexibility index (Phi) is 5.93. The number of amides is 2. The van der Waals surface area contributed by atoms with Crippen molar-refractivity contribution < 1.29 is 24.5 Å². The van der Waals surface area contributed by atoms with Crippen LogP contribution < -0.4 is 10.6 Å². The van der Waals surface area contributed by atoms with E-state index in [-0.39, 0.29) is 17.1 Å². The number of aromatic carboxylic acids is 1. The van der Waals surface area contributed by atoms with Gasteiger partial charge in [-0.1, -0.05) is 0 Å². The van der Waals surface area contributed by atoms with Gasteiger partial charge in [-0.05, 0) is 18.4 Å². The zero-order valence-corrected chi connectivity index (χ0v) is 12.1. The van der Waals surface area contributed by atoms with Crippen molar-refractivity contribution in [3.05, 3.63) is 17.0 Å². The monoisotopic (exact) mass is 302 g/mol. The first kappa shape index (κ1) is 16.4. The number of hydrogen-bond donors (Lipinski definition) is 4. The Morgan fingerprint density at radius 3 is 2.80 bits per heavy atom. The lowest BCUT2D eigenvalue weighted by Crippen LogP contribution is -2.43. The molecule has 0 saturated carbocycles. The van der Waals surface area contributed by atoms with E-state index in [9.17, 15) is 14.7 Å². The van der Waals surface area contributed by atoms with Crippen LogP contribution in [0.2, 0.25) is 0 Å². The number of carbonyl (C=O) groups is 2. The van der Waals surface area contributed by atoms with Crippen molar-refractivity contribution in [3.8, 4) is 0 Å². The van der Waals surface area contributed by atoms with Crippen LogP contribution in [0.25, 0.3) is 0 Å². The third-order valence-electron chi connectivity index (χ3n) is 2.60. The fraction of sp³-hybridized carbons (Fsp3) is 0.500. The van der Waals surface area contributed by atoms with Crippen molar-refractivity contribution in [2.75, 3.05) is 25.6 Å². The minimum Gasteiger partial charge on any atom is -0.478 e. The van der Waals surface area contributed by atoms with E-state index in [0.29, 0.717) is 13.0 Å². The molecule has 0 radical (unpaired) electrons. The standard InChI is InChI=1S/C12H18N2O5S/c1-12(18,4-5-19-2)7-13-11(17)14-9-8(10(15)16)3-6-20-9/h3,6,18H,4-5,7H2,1-2H3,(H,15,16)(H2,13,14,17). The van der Waals surface area contributed by atoms with Gasteiger partial charge in [0.05, 0.1) is 11.2 Å². The van der Waals surface area contributed by atoms with E-state index in [0.717, 1.165) is 11.3 Å². The Morgan fingerprint density at radius 2 is 2.20 bits per heavy atom. The fourth-order valence-corrected chi connectivity index (χ4v) is 2.18. The quantitative estimate of drug-likeness (QED) is 0.608. The minimum atomic E-state index is -1.10. The van der Waals surface area contributed by atoms with Crippen LogP contribution >= 0.6 is 11.3 Å². The molecule has 112 valence electrons. The maximum atomic E-state index is 11.7. The number of thiophene rings is 1. The first-order chi connectivity index (χ1) is 9.35. The summed E-state index contributed by atoms with van der Waals surface area (Å²) in [7, 11) is 1.53. The van der Waals surface area contributed by atoms with Crippen molar-refractivity contribution in [1.82, 2.24) is 5.32 Å². The molecule has 0 saturated heterocycles. The third-order valence-corrected chi connectivity index (χ3v) is 3.43. The summed E-state index contributed by atoms with van der Waals surface area (Å²) in [6.07, 6.45) is 0.378. The number of rotatable bonds is 7. The first-order valence-corrected chi connectivity index (χ1v) is 6.80.